The summed E-state index contributed by atoms with van der Waals surface area (Å²) in [6.07, 6.45) is -1.10. The molecule has 1 nitrogen and oxygen atoms in total. The number of rotatable bonds is 3. The molecule has 0 amide bonds. The molecule has 0 aliphatic heterocycles. The number of halogens is 3. The first-order valence-electron chi connectivity index (χ1n) is 6.24. The Labute approximate surface area is 109 Å². The fraction of sp³-hybridized carbons (Fsp3) is 0.692. The van der Waals surface area contributed by atoms with Crippen molar-refractivity contribution < 1.29 is 13.2 Å². The van der Waals surface area contributed by atoms with Gasteiger partial charge in [-0.05, 0) is 42.7 Å². The van der Waals surface area contributed by atoms with Gasteiger partial charge in [-0.2, -0.15) is 24.5 Å². The fourth-order valence-electron chi connectivity index (χ4n) is 2.98. The molecule has 1 fully saturated rings. The number of thiophene rings is 1. The molecular formula is C13H18F3NS. The standard InChI is InChI=1S/C13H18F3NS/c1-8-3-4-9(5-8)12(17-2)10-6-18-7-11(10)13(14,15)16/h6-9,12,17H,3-5H2,1-2H3. The highest BCUT2D eigenvalue weighted by molar-refractivity contribution is 7.08. The number of nitrogens with one attached hydrogen (secondary N) is 1. The minimum atomic E-state index is -4.24. The summed E-state index contributed by atoms with van der Waals surface area (Å²) in [5.41, 5.74) is -0.0412. The number of alkyl halides is 3. The zero-order chi connectivity index (χ0) is 13.3. The van der Waals surface area contributed by atoms with Gasteiger partial charge in [0.1, 0.15) is 0 Å². The van der Waals surface area contributed by atoms with E-state index in [0.717, 1.165) is 30.6 Å². The predicted molar refractivity (Wildman–Crippen MR) is 67.6 cm³/mol. The topological polar surface area (TPSA) is 12.0 Å². The van der Waals surface area contributed by atoms with Crippen molar-refractivity contribution in [2.24, 2.45) is 11.8 Å². The minimum Gasteiger partial charge on any atom is -0.313 e. The van der Waals surface area contributed by atoms with Crippen molar-refractivity contribution in [3.8, 4) is 0 Å². The maximum Gasteiger partial charge on any atom is 0.417 e. The van der Waals surface area contributed by atoms with Crippen molar-refractivity contribution in [2.75, 3.05) is 7.05 Å². The van der Waals surface area contributed by atoms with Gasteiger partial charge < -0.3 is 5.32 Å². The first-order chi connectivity index (χ1) is 8.43. The molecule has 18 heavy (non-hydrogen) atoms. The Hall–Kier alpha value is -0.550. The molecular weight excluding hydrogens is 259 g/mol. The van der Waals surface area contributed by atoms with E-state index < -0.39 is 11.7 Å². The van der Waals surface area contributed by atoms with E-state index in [-0.39, 0.29) is 6.04 Å². The Morgan fingerprint density at radius 2 is 2.06 bits per heavy atom. The molecule has 0 bridgehead atoms. The zero-order valence-electron chi connectivity index (χ0n) is 10.6. The average molecular weight is 277 g/mol. The molecule has 1 N–H and O–H groups in total. The molecule has 1 aromatic heterocycles. The molecule has 3 unspecified atom stereocenters. The van der Waals surface area contributed by atoms with Crippen LogP contribution in [0.15, 0.2) is 10.8 Å². The van der Waals surface area contributed by atoms with Crippen LogP contribution >= 0.6 is 11.3 Å². The average Bonchev–Trinajstić information content (AvgIpc) is 2.88. The van der Waals surface area contributed by atoms with Crippen LogP contribution in [-0.2, 0) is 6.18 Å². The Morgan fingerprint density at radius 1 is 1.33 bits per heavy atom. The van der Waals surface area contributed by atoms with E-state index in [1.165, 1.54) is 5.38 Å². The van der Waals surface area contributed by atoms with Gasteiger partial charge in [-0.3, -0.25) is 0 Å². The summed E-state index contributed by atoms with van der Waals surface area (Å²) in [6, 6.07) is -0.169. The Bertz CT molecular complexity index is 399. The lowest BCUT2D eigenvalue weighted by atomic mass is 9.90. The lowest BCUT2D eigenvalue weighted by molar-refractivity contribution is -0.138. The molecule has 1 aromatic rings. The monoisotopic (exact) mass is 277 g/mol. The van der Waals surface area contributed by atoms with E-state index >= 15 is 0 Å². The summed E-state index contributed by atoms with van der Waals surface area (Å²) >= 11 is 1.14. The lowest BCUT2D eigenvalue weighted by Gasteiger charge is -2.24. The maximum atomic E-state index is 12.9. The van der Waals surface area contributed by atoms with Crippen molar-refractivity contribution in [1.82, 2.24) is 5.32 Å². The summed E-state index contributed by atoms with van der Waals surface area (Å²) in [5, 5.41) is 5.95. The van der Waals surface area contributed by atoms with Crippen molar-refractivity contribution in [1.29, 1.82) is 0 Å². The highest BCUT2D eigenvalue weighted by Crippen LogP contribution is 2.43. The Balaban J connectivity index is 2.25. The molecule has 2 rings (SSSR count). The molecule has 3 atom stereocenters. The summed E-state index contributed by atoms with van der Waals surface area (Å²) in [4.78, 5) is 0. The second kappa shape index (κ2) is 5.21. The smallest absolute Gasteiger partial charge is 0.313 e. The van der Waals surface area contributed by atoms with Crippen LogP contribution in [0.4, 0.5) is 13.2 Å². The molecule has 0 radical (unpaired) electrons. The van der Waals surface area contributed by atoms with Crippen molar-refractivity contribution in [3.05, 3.63) is 21.9 Å². The van der Waals surface area contributed by atoms with Crippen LogP contribution < -0.4 is 5.32 Å². The van der Waals surface area contributed by atoms with Crippen LogP contribution in [-0.4, -0.2) is 7.05 Å². The molecule has 1 heterocycles. The molecule has 0 saturated heterocycles. The summed E-state index contributed by atoms with van der Waals surface area (Å²) in [5.74, 6) is 0.944. The van der Waals surface area contributed by atoms with Crippen LogP contribution in [0.25, 0.3) is 0 Å². The van der Waals surface area contributed by atoms with Crippen LogP contribution in [0.2, 0.25) is 0 Å². The van der Waals surface area contributed by atoms with E-state index in [4.69, 9.17) is 0 Å². The van der Waals surface area contributed by atoms with Gasteiger partial charge in [-0.25, -0.2) is 0 Å². The molecule has 102 valence electrons. The van der Waals surface area contributed by atoms with Gasteiger partial charge in [-0.15, -0.1) is 0 Å². The van der Waals surface area contributed by atoms with Gasteiger partial charge >= 0.3 is 6.18 Å². The van der Waals surface area contributed by atoms with Crippen LogP contribution in [0.3, 0.4) is 0 Å². The first kappa shape index (κ1) is 13.9. The van der Waals surface area contributed by atoms with E-state index in [2.05, 4.69) is 12.2 Å². The largest absolute Gasteiger partial charge is 0.417 e. The third-order valence-electron chi connectivity index (χ3n) is 3.85. The maximum absolute atomic E-state index is 12.9. The summed E-state index contributed by atoms with van der Waals surface area (Å²) in [7, 11) is 1.76. The highest BCUT2D eigenvalue weighted by Gasteiger charge is 2.38. The quantitative estimate of drug-likeness (QED) is 0.860. The molecule has 0 spiro atoms. The number of hydrogen-bond acceptors (Lipinski definition) is 2. The van der Waals surface area contributed by atoms with Crippen LogP contribution in [0, 0.1) is 11.8 Å². The second-order valence-corrected chi connectivity index (χ2v) is 5.93. The SMILES string of the molecule is CNC(c1cscc1C(F)(F)F)C1CCC(C)C1. The Kier molecular flexibility index (Phi) is 4.02. The minimum absolute atomic E-state index is 0.169. The highest BCUT2D eigenvalue weighted by atomic mass is 32.1. The van der Waals surface area contributed by atoms with E-state index in [0.29, 0.717) is 17.4 Å². The van der Waals surface area contributed by atoms with Gasteiger partial charge in [0.15, 0.2) is 0 Å². The molecule has 0 aromatic carbocycles. The van der Waals surface area contributed by atoms with E-state index in [9.17, 15) is 13.2 Å². The Morgan fingerprint density at radius 3 is 2.56 bits per heavy atom. The lowest BCUT2D eigenvalue weighted by Crippen LogP contribution is -2.25. The van der Waals surface area contributed by atoms with Crippen molar-refractivity contribution in [2.45, 2.75) is 38.4 Å². The fourth-order valence-corrected chi connectivity index (χ4v) is 3.87. The first-order valence-corrected chi connectivity index (χ1v) is 7.18. The summed E-state index contributed by atoms with van der Waals surface area (Å²) in [6.45, 7) is 2.17. The third-order valence-corrected chi connectivity index (χ3v) is 4.61. The second-order valence-electron chi connectivity index (χ2n) is 5.18. The zero-order valence-corrected chi connectivity index (χ0v) is 11.4. The number of hydrogen-bond donors (Lipinski definition) is 1. The molecule has 1 aliphatic carbocycles. The van der Waals surface area contributed by atoms with Gasteiger partial charge in [0.25, 0.3) is 0 Å². The van der Waals surface area contributed by atoms with Crippen molar-refractivity contribution >= 4 is 11.3 Å². The summed E-state index contributed by atoms with van der Waals surface area (Å²) < 4.78 is 38.8. The van der Waals surface area contributed by atoms with E-state index in [1.807, 2.05) is 0 Å². The van der Waals surface area contributed by atoms with Gasteiger partial charge in [0, 0.05) is 11.4 Å². The molecule has 1 aliphatic rings. The molecule has 5 heteroatoms. The normalized spacial score (nSPS) is 26.5. The van der Waals surface area contributed by atoms with Gasteiger partial charge in [0.2, 0.25) is 0 Å². The third kappa shape index (κ3) is 2.72. The van der Waals surface area contributed by atoms with Gasteiger partial charge in [0.05, 0.1) is 5.56 Å². The van der Waals surface area contributed by atoms with Gasteiger partial charge in [-0.1, -0.05) is 13.3 Å². The predicted octanol–water partition coefficient (Wildman–Crippen LogP) is 4.46. The van der Waals surface area contributed by atoms with Crippen LogP contribution in [0.5, 0.6) is 0 Å². The van der Waals surface area contributed by atoms with E-state index in [1.54, 1.807) is 12.4 Å². The molecule has 1 saturated carbocycles. The van der Waals surface area contributed by atoms with Crippen molar-refractivity contribution in [3.63, 3.8) is 0 Å². The van der Waals surface area contributed by atoms with Crippen LogP contribution in [0.1, 0.15) is 43.4 Å².